The summed E-state index contributed by atoms with van der Waals surface area (Å²) in [6.45, 7) is 2.75. The van der Waals surface area contributed by atoms with E-state index in [1.165, 1.54) is 12.8 Å². The standard InChI is InChI=1S/C12H22N2O2.ClH/c15-12(6-5-11-4-2-8-16-11)14-9-10-3-1-7-13-10;/h10-11,13H,1-9H2,(H,14,15);1H. The Hall–Kier alpha value is -0.320. The highest BCUT2D eigenvalue weighted by atomic mass is 35.5. The maximum absolute atomic E-state index is 11.6. The van der Waals surface area contributed by atoms with Crippen LogP contribution in [0, 0.1) is 0 Å². The van der Waals surface area contributed by atoms with Crippen LogP contribution < -0.4 is 10.6 Å². The highest BCUT2D eigenvalue weighted by Crippen LogP contribution is 2.16. The van der Waals surface area contributed by atoms with Gasteiger partial charge in [0.25, 0.3) is 0 Å². The summed E-state index contributed by atoms with van der Waals surface area (Å²) < 4.78 is 5.49. The first kappa shape index (κ1) is 14.7. The summed E-state index contributed by atoms with van der Waals surface area (Å²) >= 11 is 0. The number of carbonyl (C=O) groups excluding carboxylic acids is 1. The predicted octanol–water partition coefficient (Wildman–Crippen LogP) is 1.24. The number of hydrogen-bond donors (Lipinski definition) is 2. The van der Waals surface area contributed by atoms with E-state index in [0.717, 1.165) is 39.0 Å². The quantitative estimate of drug-likeness (QED) is 0.784. The number of hydrogen-bond acceptors (Lipinski definition) is 3. The predicted molar refractivity (Wildman–Crippen MR) is 69.5 cm³/mol. The van der Waals surface area contributed by atoms with Crippen molar-refractivity contribution in [2.75, 3.05) is 19.7 Å². The third-order valence-corrected chi connectivity index (χ3v) is 3.43. The number of rotatable bonds is 5. The Kier molecular flexibility index (Phi) is 6.85. The van der Waals surface area contributed by atoms with Gasteiger partial charge in [-0.1, -0.05) is 0 Å². The normalized spacial score (nSPS) is 27.8. The molecule has 0 bridgehead atoms. The number of halogens is 1. The SMILES string of the molecule is Cl.O=C(CCC1CCCO1)NCC1CCCN1. The molecule has 4 nitrogen and oxygen atoms in total. The van der Waals surface area contributed by atoms with Crippen molar-refractivity contribution in [1.29, 1.82) is 0 Å². The summed E-state index contributed by atoms with van der Waals surface area (Å²) in [5.41, 5.74) is 0. The van der Waals surface area contributed by atoms with Crippen molar-refractivity contribution >= 4 is 18.3 Å². The van der Waals surface area contributed by atoms with Crippen LogP contribution in [0.3, 0.4) is 0 Å². The molecule has 2 saturated heterocycles. The third kappa shape index (κ3) is 5.23. The molecule has 100 valence electrons. The molecule has 2 rings (SSSR count). The van der Waals surface area contributed by atoms with Gasteiger partial charge in [0, 0.05) is 25.6 Å². The first-order chi connectivity index (χ1) is 7.84. The van der Waals surface area contributed by atoms with Crippen LogP contribution >= 0.6 is 12.4 Å². The van der Waals surface area contributed by atoms with E-state index in [9.17, 15) is 4.79 Å². The molecule has 2 aliphatic rings. The Bertz CT molecular complexity index is 205. The lowest BCUT2D eigenvalue weighted by molar-refractivity contribution is -0.121. The molecule has 2 N–H and O–H groups in total. The Balaban J connectivity index is 0.00000144. The van der Waals surface area contributed by atoms with Gasteiger partial charge in [0.2, 0.25) is 5.91 Å². The van der Waals surface area contributed by atoms with Crippen molar-refractivity contribution in [3.05, 3.63) is 0 Å². The van der Waals surface area contributed by atoms with Gasteiger partial charge in [-0.2, -0.15) is 0 Å². The van der Waals surface area contributed by atoms with Crippen LogP contribution in [0.1, 0.15) is 38.5 Å². The molecule has 5 heteroatoms. The molecule has 0 spiro atoms. The monoisotopic (exact) mass is 262 g/mol. The second kappa shape index (κ2) is 7.90. The van der Waals surface area contributed by atoms with E-state index in [-0.39, 0.29) is 18.3 Å². The number of nitrogens with one attached hydrogen (secondary N) is 2. The minimum absolute atomic E-state index is 0. The Morgan fingerprint density at radius 1 is 1.35 bits per heavy atom. The summed E-state index contributed by atoms with van der Waals surface area (Å²) in [4.78, 5) is 11.6. The molecule has 1 amide bonds. The highest BCUT2D eigenvalue weighted by molar-refractivity contribution is 5.85. The summed E-state index contributed by atoms with van der Waals surface area (Å²) in [6, 6.07) is 0.492. The zero-order chi connectivity index (χ0) is 11.2. The molecular formula is C12H23ClN2O2. The number of amides is 1. The molecule has 0 saturated carbocycles. The van der Waals surface area contributed by atoms with E-state index in [1.54, 1.807) is 0 Å². The molecule has 17 heavy (non-hydrogen) atoms. The Labute approximate surface area is 109 Å². The fourth-order valence-corrected chi connectivity index (χ4v) is 2.42. The first-order valence-electron chi connectivity index (χ1n) is 6.46. The highest BCUT2D eigenvalue weighted by Gasteiger charge is 2.18. The van der Waals surface area contributed by atoms with Crippen molar-refractivity contribution in [3.8, 4) is 0 Å². The van der Waals surface area contributed by atoms with Crippen LogP contribution in [-0.4, -0.2) is 37.7 Å². The van der Waals surface area contributed by atoms with Gasteiger partial charge in [-0.15, -0.1) is 12.4 Å². The average Bonchev–Trinajstić information content (AvgIpc) is 2.96. The van der Waals surface area contributed by atoms with Gasteiger partial charge in [0.1, 0.15) is 0 Å². The van der Waals surface area contributed by atoms with Crippen LogP contribution in [-0.2, 0) is 9.53 Å². The van der Waals surface area contributed by atoms with Crippen molar-refractivity contribution in [3.63, 3.8) is 0 Å². The summed E-state index contributed by atoms with van der Waals surface area (Å²) in [6.07, 6.45) is 6.51. The molecule has 2 fully saturated rings. The van der Waals surface area contributed by atoms with Gasteiger partial charge >= 0.3 is 0 Å². The van der Waals surface area contributed by atoms with E-state index in [2.05, 4.69) is 10.6 Å². The first-order valence-corrected chi connectivity index (χ1v) is 6.46. The third-order valence-electron chi connectivity index (χ3n) is 3.43. The zero-order valence-corrected chi connectivity index (χ0v) is 11.1. The molecule has 0 aromatic carbocycles. The van der Waals surface area contributed by atoms with Gasteiger partial charge in [0.05, 0.1) is 6.10 Å². The number of ether oxygens (including phenoxy) is 1. The molecule has 0 aliphatic carbocycles. The van der Waals surface area contributed by atoms with E-state index in [1.807, 2.05) is 0 Å². The smallest absolute Gasteiger partial charge is 0.220 e. The van der Waals surface area contributed by atoms with E-state index < -0.39 is 0 Å². The Morgan fingerprint density at radius 3 is 2.88 bits per heavy atom. The van der Waals surface area contributed by atoms with Crippen molar-refractivity contribution in [2.45, 2.75) is 50.7 Å². The lowest BCUT2D eigenvalue weighted by atomic mass is 10.1. The summed E-state index contributed by atoms with van der Waals surface area (Å²) in [5.74, 6) is 0.171. The van der Waals surface area contributed by atoms with E-state index in [4.69, 9.17) is 4.74 Å². The fourth-order valence-electron chi connectivity index (χ4n) is 2.42. The fraction of sp³-hybridized carbons (Fsp3) is 0.917. The second-order valence-corrected chi connectivity index (χ2v) is 4.77. The van der Waals surface area contributed by atoms with Gasteiger partial charge in [-0.05, 0) is 38.6 Å². The van der Waals surface area contributed by atoms with Gasteiger partial charge in [-0.25, -0.2) is 0 Å². The van der Waals surface area contributed by atoms with Crippen LogP contribution in [0.2, 0.25) is 0 Å². The second-order valence-electron chi connectivity index (χ2n) is 4.77. The lowest BCUT2D eigenvalue weighted by Crippen LogP contribution is -2.37. The minimum atomic E-state index is 0. The summed E-state index contributed by atoms with van der Waals surface area (Å²) in [5, 5.41) is 6.36. The van der Waals surface area contributed by atoms with E-state index >= 15 is 0 Å². The molecule has 2 atom stereocenters. The maximum atomic E-state index is 11.6. The molecule has 2 heterocycles. The number of carbonyl (C=O) groups is 1. The van der Waals surface area contributed by atoms with Gasteiger partial charge in [0.15, 0.2) is 0 Å². The summed E-state index contributed by atoms with van der Waals surface area (Å²) in [7, 11) is 0. The van der Waals surface area contributed by atoms with Crippen molar-refractivity contribution < 1.29 is 9.53 Å². The van der Waals surface area contributed by atoms with Gasteiger partial charge < -0.3 is 15.4 Å². The molecule has 2 aliphatic heterocycles. The average molecular weight is 263 g/mol. The molecule has 0 aromatic heterocycles. The largest absolute Gasteiger partial charge is 0.378 e. The van der Waals surface area contributed by atoms with Crippen LogP contribution in [0.15, 0.2) is 0 Å². The molecular weight excluding hydrogens is 240 g/mol. The van der Waals surface area contributed by atoms with Gasteiger partial charge in [-0.3, -0.25) is 4.79 Å². The molecule has 0 radical (unpaired) electrons. The molecule has 0 aromatic rings. The topological polar surface area (TPSA) is 50.4 Å². The van der Waals surface area contributed by atoms with E-state index in [0.29, 0.717) is 18.6 Å². The van der Waals surface area contributed by atoms with Crippen LogP contribution in [0.4, 0.5) is 0 Å². The Morgan fingerprint density at radius 2 is 2.24 bits per heavy atom. The van der Waals surface area contributed by atoms with Crippen LogP contribution in [0.5, 0.6) is 0 Å². The van der Waals surface area contributed by atoms with Crippen molar-refractivity contribution in [1.82, 2.24) is 10.6 Å². The van der Waals surface area contributed by atoms with Crippen molar-refractivity contribution in [2.24, 2.45) is 0 Å². The minimum Gasteiger partial charge on any atom is -0.378 e. The zero-order valence-electron chi connectivity index (χ0n) is 10.2. The van der Waals surface area contributed by atoms with Crippen LogP contribution in [0.25, 0.3) is 0 Å². The maximum Gasteiger partial charge on any atom is 0.220 e. The lowest BCUT2D eigenvalue weighted by Gasteiger charge is -2.12. The molecule has 2 unspecified atom stereocenters.